The zero-order valence-corrected chi connectivity index (χ0v) is 6.45. The van der Waals surface area contributed by atoms with E-state index in [4.69, 9.17) is 0 Å². The van der Waals surface area contributed by atoms with E-state index in [-0.39, 0.29) is 5.97 Å². The number of aldehydes is 1. The van der Waals surface area contributed by atoms with Gasteiger partial charge in [-0.1, -0.05) is 0 Å². The molecule has 0 N–H and O–H groups in total. The van der Waals surface area contributed by atoms with Crippen LogP contribution in [0.5, 0.6) is 0 Å². The molecule has 0 atom stereocenters. The molecule has 4 heteroatoms. The van der Waals surface area contributed by atoms with Gasteiger partial charge in [-0.15, -0.1) is 0 Å². The van der Waals surface area contributed by atoms with Crippen molar-refractivity contribution >= 4 is 18.5 Å². The predicted octanol–water partition coefficient (Wildman–Crippen LogP) is 0.209. The number of rotatable bonds is 5. The van der Waals surface area contributed by atoms with E-state index in [1.165, 1.54) is 13.3 Å². The van der Waals surface area contributed by atoms with E-state index in [1.54, 1.807) is 0 Å². The predicted molar refractivity (Wildman–Crippen MR) is 40.7 cm³/mol. The first-order valence-corrected chi connectivity index (χ1v) is 3.31. The van der Waals surface area contributed by atoms with Crippen LogP contribution in [-0.2, 0) is 14.3 Å². The summed E-state index contributed by atoms with van der Waals surface area (Å²) >= 11 is 0. The molecule has 0 aromatic heterocycles. The molecule has 0 saturated heterocycles. The summed E-state index contributed by atoms with van der Waals surface area (Å²) in [6.07, 6.45) is 2.76. The number of methoxy groups -OCH3 is 1. The van der Waals surface area contributed by atoms with Crippen molar-refractivity contribution < 1.29 is 14.3 Å². The lowest BCUT2D eigenvalue weighted by molar-refractivity contribution is -0.140. The number of nitrogens with zero attached hydrogens (tertiary/aromatic N) is 1. The van der Waals surface area contributed by atoms with Gasteiger partial charge in [0.2, 0.25) is 0 Å². The lowest BCUT2D eigenvalue weighted by Gasteiger charge is -1.94. The highest BCUT2D eigenvalue weighted by Crippen LogP contribution is 1.90. The van der Waals surface area contributed by atoms with E-state index in [1.807, 2.05) is 0 Å². The van der Waals surface area contributed by atoms with Gasteiger partial charge in [0, 0.05) is 13.0 Å². The van der Waals surface area contributed by atoms with E-state index in [9.17, 15) is 9.59 Å². The van der Waals surface area contributed by atoms with Gasteiger partial charge in [-0.05, 0) is 6.42 Å². The van der Waals surface area contributed by atoms with Crippen LogP contribution in [0.4, 0.5) is 0 Å². The van der Waals surface area contributed by atoms with Gasteiger partial charge in [0.1, 0.15) is 0 Å². The van der Waals surface area contributed by atoms with Crippen LogP contribution >= 0.6 is 0 Å². The number of carbonyl (C=O) groups excluding carboxylic acids is 2. The Bertz CT molecular complexity index is 154. The van der Waals surface area contributed by atoms with Gasteiger partial charge in [-0.3, -0.25) is 14.6 Å². The normalized spacial score (nSPS) is 9.91. The van der Waals surface area contributed by atoms with Gasteiger partial charge < -0.3 is 4.74 Å². The summed E-state index contributed by atoms with van der Waals surface area (Å²) in [5.74, 6) is -0.244. The quantitative estimate of drug-likeness (QED) is 0.248. The molecular weight excluding hydrogens is 146 g/mol. The SMILES string of the molecule is COC(=O)CCCN=CC=O. The third-order valence-corrected chi connectivity index (χ3v) is 1.06. The molecule has 0 heterocycles. The zero-order valence-electron chi connectivity index (χ0n) is 6.45. The summed E-state index contributed by atoms with van der Waals surface area (Å²) in [7, 11) is 1.34. The Kier molecular flexibility index (Phi) is 6.17. The third kappa shape index (κ3) is 6.70. The van der Waals surface area contributed by atoms with E-state index in [0.29, 0.717) is 25.7 Å². The van der Waals surface area contributed by atoms with Gasteiger partial charge >= 0.3 is 5.97 Å². The fraction of sp³-hybridized carbons (Fsp3) is 0.571. The number of aliphatic imine (C=N–C) groups is 1. The van der Waals surface area contributed by atoms with Crippen LogP contribution in [0.2, 0.25) is 0 Å². The number of esters is 1. The van der Waals surface area contributed by atoms with E-state index in [0.717, 1.165) is 0 Å². The smallest absolute Gasteiger partial charge is 0.305 e. The van der Waals surface area contributed by atoms with Crippen LogP contribution in [-0.4, -0.2) is 32.1 Å². The van der Waals surface area contributed by atoms with Crippen LogP contribution in [0.1, 0.15) is 12.8 Å². The average molecular weight is 157 g/mol. The molecule has 0 aliphatic heterocycles. The second-order valence-corrected chi connectivity index (χ2v) is 1.87. The molecule has 0 spiro atoms. The summed E-state index contributed by atoms with van der Waals surface area (Å²) in [6, 6.07) is 0. The van der Waals surface area contributed by atoms with E-state index in [2.05, 4.69) is 9.73 Å². The summed E-state index contributed by atoms with van der Waals surface area (Å²) in [6.45, 7) is 0.494. The highest BCUT2D eigenvalue weighted by atomic mass is 16.5. The molecule has 0 aliphatic rings. The Morgan fingerprint density at radius 3 is 2.91 bits per heavy atom. The van der Waals surface area contributed by atoms with Crippen LogP contribution in [0.3, 0.4) is 0 Å². The van der Waals surface area contributed by atoms with Crippen molar-refractivity contribution in [2.45, 2.75) is 12.8 Å². The van der Waals surface area contributed by atoms with Crippen molar-refractivity contribution in [2.24, 2.45) is 4.99 Å². The summed E-state index contributed by atoms with van der Waals surface area (Å²) < 4.78 is 4.40. The summed E-state index contributed by atoms with van der Waals surface area (Å²) in [5, 5.41) is 0. The van der Waals surface area contributed by atoms with Crippen LogP contribution in [0, 0.1) is 0 Å². The Morgan fingerprint density at radius 2 is 2.36 bits per heavy atom. The fourth-order valence-corrected chi connectivity index (χ4v) is 0.534. The molecule has 0 rings (SSSR count). The molecule has 4 nitrogen and oxygen atoms in total. The molecular formula is C7H11NO3. The van der Waals surface area contributed by atoms with Crippen LogP contribution in [0.15, 0.2) is 4.99 Å². The number of ether oxygens (including phenoxy) is 1. The van der Waals surface area contributed by atoms with Gasteiger partial charge in [0.05, 0.1) is 13.3 Å². The van der Waals surface area contributed by atoms with Gasteiger partial charge in [0.25, 0.3) is 0 Å². The van der Waals surface area contributed by atoms with Crippen molar-refractivity contribution in [2.75, 3.05) is 13.7 Å². The molecule has 0 radical (unpaired) electrons. The van der Waals surface area contributed by atoms with Crippen molar-refractivity contribution in [3.8, 4) is 0 Å². The minimum Gasteiger partial charge on any atom is -0.469 e. The maximum atomic E-state index is 10.5. The zero-order chi connectivity index (χ0) is 8.53. The second kappa shape index (κ2) is 6.92. The molecule has 0 fully saturated rings. The topological polar surface area (TPSA) is 55.7 Å². The second-order valence-electron chi connectivity index (χ2n) is 1.87. The molecule has 0 unspecified atom stereocenters. The van der Waals surface area contributed by atoms with Crippen molar-refractivity contribution in [1.82, 2.24) is 0 Å². The van der Waals surface area contributed by atoms with Crippen molar-refractivity contribution in [3.05, 3.63) is 0 Å². The van der Waals surface area contributed by atoms with Crippen molar-refractivity contribution in [3.63, 3.8) is 0 Å². The first-order valence-electron chi connectivity index (χ1n) is 3.31. The standard InChI is InChI=1S/C7H11NO3/c1-11-7(10)3-2-4-8-5-6-9/h5-6H,2-4H2,1H3. The van der Waals surface area contributed by atoms with Gasteiger partial charge in [-0.2, -0.15) is 0 Å². The Labute approximate surface area is 65.3 Å². The Morgan fingerprint density at radius 1 is 1.64 bits per heavy atom. The van der Waals surface area contributed by atoms with Gasteiger partial charge in [-0.25, -0.2) is 0 Å². The molecule has 62 valence electrons. The first-order chi connectivity index (χ1) is 5.31. The van der Waals surface area contributed by atoms with Gasteiger partial charge in [0.15, 0.2) is 6.29 Å². The maximum Gasteiger partial charge on any atom is 0.305 e. The number of carbonyl (C=O) groups is 2. The molecule has 0 amide bonds. The third-order valence-electron chi connectivity index (χ3n) is 1.06. The minimum atomic E-state index is -0.244. The molecule has 0 aromatic rings. The summed E-state index contributed by atoms with van der Waals surface area (Å²) in [5.41, 5.74) is 0. The Hall–Kier alpha value is -1.19. The molecule has 0 saturated carbocycles. The number of hydrogen-bond donors (Lipinski definition) is 0. The highest BCUT2D eigenvalue weighted by molar-refractivity contribution is 6.12. The molecule has 0 bridgehead atoms. The first kappa shape index (κ1) is 9.81. The van der Waals surface area contributed by atoms with Crippen LogP contribution < -0.4 is 0 Å². The molecule has 0 aromatic carbocycles. The average Bonchev–Trinajstić information content (AvgIpc) is 2.04. The molecule has 11 heavy (non-hydrogen) atoms. The number of hydrogen-bond acceptors (Lipinski definition) is 4. The highest BCUT2D eigenvalue weighted by Gasteiger charge is 1.96. The van der Waals surface area contributed by atoms with Crippen molar-refractivity contribution in [1.29, 1.82) is 0 Å². The maximum absolute atomic E-state index is 10.5. The monoisotopic (exact) mass is 157 g/mol. The molecule has 0 aliphatic carbocycles. The van der Waals surface area contributed by atoms with E-state index < -0.39 is 0 Å². The fourth-order valence-electron chi connectivity index (χ4n) is 0.534. The largest absolute Gasteiger partial charge is 0.469 e. The van der Waals surface area contributed by atoms with E-state index >= 15 is 0 Å². The Balaban J connectivity index is 3.20. The summed E-state index contributed by atoms with van der Waals surface area (Å²) in [4.78, 5) is 23.9. The lowest BCUT2D eigenvalue weighted by Crippen LogP contribution is -2.00. The van der Waals surface area contributed by atoms with Crippen LogP contribution in [0.25, 0.3) is 0 Å². The minimum absolute atomic E-state index is 0.244. The lowest BCUT2D eigenvalue weighted by atomic mass is 10.3.